The van der Waals surface area contributed by atoms with Gasteiger partial charge in [0, 0.05) is 18.4 Å². The van der Waals surface area contributed by atoms with Gasteiger partial charge in [-0.05, 0) is 42.5 Å². The minimum atomic E-state index is -0.337. The van der Waals surface area contributed by atoms with Crippen molar-refractivity contribution in [1.82, 2.24) is 15.6 Å². The van der Waals surface area contributed by atoms with Crippen molar-refractivity contribution >= 4 is 11.8 Å². The summed E-state index contributed by atoms with van der Waals surface area (Å²) < 4.78 is 0. The maximum atomic E-state index is 12.8. The van der Waals surface area contributed by atoms with E-state index in [-0.39, 0.29) is 30.3 Å². The van der Waals surface area contributed by atoms with Crippen molar-refractivity contribution in [1.29, 1.82) is 0 Å². The molecule has 1 atom stereocenters. The topological polar surface area (TPSA) is 71.1 Å². The molecule has 1 aromatic heterocycles. The average Bonchev–Trinajstić information content (AvgIpc) is 2.72. The first-order valence-electron chi connectivity index (χ1n) is 9.73. The Morgan fingerprint density at radius 1 is 1.00 bits per heavy atom. The number of benzene rings is 1. The number of nitrogens with zero attached hydrogens (tertiary/aromatic N) is 1. The first-order chi connectivity index (χ1) is 13.2. The van der Waals surface area contributed by atoms with Crippen LogP contribution in [-0.2, 0) is 16.0 Å². The Labute approximate surface area is 160 Å². The van der Waals surface area contributed by atoms with Gasteiger partial charge in [0.1, 0.15) is 0 Å². The third-order valence-corrected chi connectivity index (χ3v) is 5.10. The molecule has 27 heavy (non-hydrogen) atoms. The highest BCUT2D eigenvalue weighted by molar-refractivity contribution is 5.88. The van der Waals surface area contributed by atoms with Gasteiger partial charge in [0.2, 0.25) is 11.8 Å². The molecule has 1 aliphatic carbocycles. The summed E-state index contributed by atoms with van der Waals surface area (Å²) in [4.78, 5) is 29.1. The predicted octanol–water partition coefficient (Wildman–Crippen LogP) is 2.97. The lowest BCUT2D eigenvalue weighted by molar-refractivity contribution is -0.127. The van der Waals surface area contributed by atoms with Crippen LogP contribution in [0, 0.1) is 0 Å². The van der Waals surface area contributed by atoms with Gasteiger partial charge in [-0.3, -0.25) is 14.6 Å². The van der Waals surface area contributed by atoms with E-state index >= 15 is 0 Å². The Balaban J connectivity index is 1.59. The molecule has 1 aromatic carbocycles. The Morgan fingerprint density at radius 3 is 2.41 bits per heavy atom. The normalized spacial score (nSPS) is 15.7. The molecule has 0 bridgehead atoms. The van der Waals surface area contributed by atoms with E-state index in [9.17, 15) is 9.59 Å². The molecule has 3 rings (SSSR count). The second kappa shape index (κ2) is 9.86. The van der Waals surface area contributed by atoms with Crippen molar-refractivity contribution in [2.75, 3.05) is 6.54 Å². The predicted molar refractivity (Wildman–Crippen MR) is 105 cm³/mol. The standard InChI is InChI=1S/C22H27N3O2/c26-21(25-19-9-5-2-6-10-19)16-24-22(27)20(18-7-3-1-4-8-18)15-17-11-13-23-14-12-17/h1,3-4,7-8,11-14,19-20H,2,5-6,9-10,15-16H2,(H,24,27)(H,25,26). The number of carbonyl (C=O) groups is 2. The first kappa shape index (κ1) is 19.1. The van der Waals surface area contributed by atoms with Crippen LogP contribution in [0.2, 0.25) is 0 Å². The summed E-state index contributed by atoms with van der Waals surface area (Å²) in [6.07, 6.45) is 9.68. The molecule has 0 spiro atoms. The van der Waals surface area contributed by atoms with Gasteiger partial charge >= 0.3 is 0 Å². The number of amides is 2. The van der Waals surface area contributed by atoms with Crippen LogP contribution in [0.3, 0.4) is 0 Å². The lowest BCUT2D eigenvalue weighted by atomic mass is 9.91. The largest absolute Gasteiger partial charge is 0.352 e. The Hall–Kier alpha value is -2.69. The molecule has 1 fully saturated rings. The molecule has 0 radical (unpaired) electrons. The van der Waals surface area contributed by atoms with Gasteiger partial charge in [0.05, 0.1) is 12.5 Å². The SMILES string of the molecule is O=C(CNC(=O)C(Cc1ccncc1)c1ccccc1)NC1CCCCC1. The summed E-state index contributed by atoms with van der Waals surface area (Å²) in [5.41, 5.74) is 1.99. The van der Waals surface area contributed by atoms with Crippen molar-refractivity contribution in [3.63, 3.8) is 0 Å². The fourth-order valence-corrected chi connectivity index (χ4v) is 3.62. The van der Waals surface area contributed by atoms with Gasteiger partial charge in [-0.1, -0.05) is 49.6 Å². The zero-order valence-corrected chi connectivity index (χ0v) is 15.6. The van der Waals surface area contributed by atoms with Crippen LogP contribution < -0.4 is 10.6 Å². The van der Waals surface area contributed by atoms with E-state index in [0.717, 1.165) is 24.0 Å². The molecule has 5 heteroatoms. The molecule has 0 aliphatic heterocycles. The summed E-state index contributed by atoms with van der Waals surface area (Å²) in [5.74, 6) is -0.571. The van der Waals surface area contributed by atoms with Crippen LogP contribution in [-0.4, -0.2) is 29.4 Å². The Morgan fingerprint density at radius 2 is 1.70 bits per heavy atom. The van der Waals surface area contributed by atoms with Gasteiger partial charge in [-0.15, -0.1) is 0 Å². The van der Waals surface area contributed by atoms with E-state index in [1.807, 2.05) is 42.5 Å². The molecule has 2 N–H and O–H groups in total. The molecule has 1 heterocycles. The van der Waals surface area contributed by atoms with Crippen LogP contribution in [0.5, 0.6) is 0 Å². The van der Waals surface area contributed by atoms with E-state index in [2.05, 4.69) is 15.6 Å². The molecule has 1 aliphatic rings. The molecule has 142 valence electrons. The lowest BCUT2D eigenvalue weighted by Crippen LogP contribution is -2.43. The quantitative estimate of drug-likeness (QED) is 0.792. The summed E-state index contributed by atoms with van der Waals surface area (Å²) in [5, 5.41) is 5.86. The number of pyridine rings is 1. The third kappa shape index (κ3) is 5.91. The minimum absolute atomic E-state index is 0.0228. The van der Waals surface area contributed by atoms with E-state index in [1.165, 1.54) is 19.3 Å². The second-order valence-electron chi connectivity index (χ2n) is 7.14. The fraction of sp³-hybridized carbons (Fsp3) is 0.409. The van der Waals surface area contributed by atoms with Gasteiger partial charge < -0.3 is 10.6 Å². The smallest absolute Gasteiger partial charge is 0.239 e. The average molecular weight is 365 g/mol. The summed E-state index contributed by atoms with van der Waals surface area (Å²) in [6, 6.07) is 13.8. The van der Waals surface area contributed by atoms with Crippen molar-refractivity contribution in [3.8, 4) is 0 Å². The molecule has 2 amide bonds. The lowest BCUT2D eigenvalue weighted by Gasteiger charge is -2.23. The van der Waals surface area contributed by atoms with Crippen molar-refractivity contribution in [3.05, 3.63) is 66.0 Å². The molecule has 1 saturated carbocycles. The molecule has 5 nitrogen and oxygen atoms in total. The van der Waals surface area contributed by atoms with E-state index in [1.54, 1.807) is 12.4 Å². The van der Waals surface area contributed by atoms with Crippen molar-refractivity contribution in [2.45, 2.75) is 50.5 Å². The van der Waals surface area contributed by atoms with Crippen LogP contribution >= 0.6 is 0 Å². The maximum Gasteiger partial charge on any atom is 0.239 e. The molecule has 2 aromatic rings. The molecular formula is C22H27N3O2. The molecule has 1 unspecified atom stereocenters. The maximum absolute atomic E-state index is 12.8. The van der Waals surface area contributed by atoms with Crippen LogP contribution in [0.25, 0.3) is 0 Å². The number of carbonyl (C=O) groups excluding carboxylic acids is 2. The van der Waals surface area contributed by atoms with Gasteiger partial charge in [-0.2, -0.15) is 0 Å². The van der Waals surface area contributed by atoms with Gasteiger partial charge in [0.25, 0.3) is 0 Å². The number of rotatable bonds is 7. The highest BCUT2D eigenvalue weighted by Gasteiger charge is 2.22. The highest BCUT2D eigenvalue weighted by Crippen LogP contribution is 2.21. The molecule has 0 saturated heterocycles. The van der Waals surface area contributed by atoms with Crippen molar-refractivity contribution in [2.24, 2.45) is 0 Å². The highest BCUT2D eigenvalue weighted by atomic mass is 16.2. The zero-order valence-electron chi connectivity index (χ0n) is 15.6. The van der Waals surface area contributed by atoms with Crippen molar-refractivity contribution < 1.29 is 9.59 Å². The second-order valence-corrected chi connectivity index (χ2v) is 7.14. The zero-order chi connectivity index (χ0) is 18.9. The molecular weight excluding hydrogens is 338 g/mol. The number of nitrogens with one attached hydrogen (secondary N) is 2. The fourth-order valence-electron chi connectivity index (χ4n) is 3.62. The van der Waals surface area contributed by atoms with E-state index in [0.29, 0.717) is 6.42 Å². The van der Waals surface area contributed by atoms with E-state index in [4.69, 9.17) is 0 Å². The minimum Gasteiger partial charge on any atom is -0.352 e. The monoisotopic (exact) mass is 365 g/mol. The Kier molecular flexibility index (Phi) is 6.97. The number of hydrogen-bond acceptors (Lipinski definition) is 3. The number of aromatic nitrogens is 1. The van der Waals surface area contributed by atoms with Crippen LogP contribution in [0.1, 0.15) is 49.1 Å². The van der Waals surface area contributed by atoms with Gasteiger partial charge in [-0.25, -0.2) is 0 Å². The van der Waals surface area contributed by atoms with E-state index < -0.39 is 0 Å². The van der Waals surface area contributed by atoms with Crippen LogP contribution in [0.15, 0.2) is 54.9 Å². The Bertz CT molecular complexity index is 728. The number of hydrogen-bond donors (Lipinski definition) is 2. The van der Waals surface area contributed by atoms with Gasteiger partial charge in [0.15, 0.2) is 0 Å². The third-order valence-electron chi connectivity index (χ3n) is 5.10. The first-order valence-corrected chi connectivity index (χ1v) is 9.73. The summed E-state index contributed by atoms with van der Waals surface area (Å²) in [6.45, 7) is 0.0228. The summed E-state index contributed by atoms with van der Waals surface area (Å²) >= 11 is 0. The van der Waals surface area contributed by atoms with Crippen LogP contribution in [0.4, 0.5) is 0 Å². The summed E-state index contributed by atoms with van der Waals surface area (Å²) in [7, 11) is 0.